The Balaban J connectivity index is 2.21. The molecule has 1 aliphatic heterocycles. The number of anilines is 2. The highest BCUT2D eigenvalue weighted by molar-refractivity contribution is 7.96. The predicted molar refractivity (Wildman–Crippen MR) is 96.3 cm³/mol. The lowest BCUT2D eigenvalue weighted by atomic mass is 10.1. The molecule has 0 unspecified atom stereocenters. The Labute approximate surface area is 151 Å². The highest BCUT2D eigenvalue weighted by Crippen LogP contribution is 2.40. The van der Waals surface area contributed by atoms with Crippen LogP contribution in [0.4, 0.5) is 15.8 Å². The van der Waals surface area contributed by atoms with E-state index in [1.54, 1.807) is 19.1 Å². The lowest BCUT2D eigenvalue weighted by Crippen LogP contribution is -2.26. The van der Waals surface area contributed by atoms with Gasteiger partial charge in [-0.05, 0) is 49.2 Å². The summed E-state index contributed by atoms with van der Waals surface area (Å²) in [7, 11) is -4.10. The van der Waals surface area contributed by atoms with Crippen LogP contribution in [0.5, 0.6) is 0 Å². The van der Waals surface area contributed by atoms with Crippen molar-refractivity contribution >= 4 is 27.2 Å². The zero-order valence-corrected chi connectivity index (χ0v) is 15.2. The first-order valence-corrected chi connectivity index (χ1v) is 9.68. The minimum atomic E-state index is -4.10. The number of sulfone groups is 1. The van der Waals surface area contributed by atoms with Gasteiger partial charge in [0.25, 0.3) is 0 Å². The molecule has 0 fully saturated rings. The van der Waals surface area contributed by atoms with Crippen LogP contribution in [-0.4, -0.2) is 21.0 Å². The van der Waals surface area contributed by atoms with Crippen molar-refractivity contribution < 1.29 is 22.3 Å². The van der Waals surface area contributed by atoms with Crippen LogP contribution in [0.15, 0.2) is 58.5 Å². The summed E-state index contributed by atoms with van der Waals surface area (Å²) in [4.78, 5) is 13.1. The van der Waals surface area contributed by atoms with Gasteiger partial charge >= 0.3 is 5.97 Å². The Bertz CT molecular complexity index is 981. The molecule has 0 saturated carbocycles. The normalized spacial score (nSPS) is 15.2. The molecule has 3 rings (SSSR count). The molecule has 0 aromatic heterocycles. The molecule has 0 atom stereocenters. The van der Waals surface area contributed by atoms with E-state index < -0.39 is 26.5 Å². The predicted octanol–water partition coefficient (Wildman–Crippen LogP) is 3.72. The second-order valence-corrected chi connectivity index (χ2v) is 7.61. The van der Waals surface area contributed by atoms with Crippen molar-refractivity contribution in [3.05, 3.63) is 65.0 Å². The zero-order chi connectivity index (χ0) is 18.9. The number of rotatable bonds is 4. The highest BCUT2D eigenvalue weighted by Gasteiger charge is 2.37. The molecule has 0 spiro atoms. The molecule has 0 N–H and O–H groups in total. The summed E-state index contributed by atoms with van der Waals surface area (Å²) in [6, 6.07) is 10.8. The zero-order valence-electron chi connectivity index (χ0n) is 14.4. The summed E-state index contributed by atoms with van der Waals surface area (Å²) in [5, 5.41) is 0. The van der Waals surface area contributed by atoms with Crippen LogP contribution in [0.25, 0.3) is 0 Å². The van der Waals surface area contributed by atoms with Gasteiger partial charge in [-0.3, -0.25) is 0 Å². The quantitative estimate of drug-likeness (QED) is 0.602. The number of esters is 1. The summed E-state index contributed by atoms with van der Waals surface area (Å²) in [5.74, 6) is -1.50. The van der Waals surface area contributed by atoms with Gasteiger partial charge in [0.1, 0.15) is 5.82 Å². The molecule has 2 aromatic carbocycles. The number of halogens is 1. The van der Waals surface area contributed by atoms with E-state index in [2.05, 4.69) is 0 Å². The van der Waals surface area contributed by atoms with Crippen molar-refractivity contribution in [2.45, 2.75) is 25.2 Å². The molecule has 1 aliphatic rings. The Morgan fingerprint density at radius 3 is 2.42 bits per heavy atom. The Morgan fingerprint density at radius 2 is 1.81 bits per heavy atom. The van der Waals surface area contributed by atoms with E-state index in [1.807, 2.05) is 19.1 Å². The molecule has 0 radical (unpaired) electrons. The number of hydrogen-bond donors (Lipinski definition) is 0. The number of carbonyl (C=O) groups is 1. The van der Waals surface area contributed by atoms with Crippen molar-refractivity contribution in [1.82, 2.24) is 0 Å². The average molecular weight is 375 g/mol. The van der Waals surface area contributed by atoms with Crippen LogP contribution in [0.2, 0.25) is 0 Å². The van der Waals surface area contributed by atoms with Crippen molar-refractivity contribution in [3.8, 4) is 0 Å². The number of benzene rings is 2. The van der Waals surface area contributed by atoms with Crippen LogP contribution in [-0.2, 0) is 25.8 Å². The fraction of sp³-hybridized carbons (Fsp3) is 0.211. The summed E-state index contributed by atoms with van der Waals surface area (Å²) >= 11 is 0. The van der Waals surface area contributed by atoms with Crippen LogP contribution in [0.1, 0.15) is 19.4 Å². The molecule has 0 aliphatic carbocycles. The molecule has 2 aromatic rings. The number of aryl methyl sites for hydroxylation is 1. The summed E-state index contributed by atoms with van der Waals surface area (Å²) in [6.07, 6.45) is 2.04. The van der Waals surface area contributed by atoms with E-state index in [0.29, 0.717) is 5.69 Å². The maximum absolute atomic E-state index is 13.8. The van der Waals surface area contributed by atoms with E-state index >= 15 is 0 Å². The standard InChI is InChI=1S/C19H18FNO4S/c1-3-13-5-8-15(9-6-13)21-12-18(19(22)25-4-2)26(23,24)17-10-7-14(20)11-16(17)21/h5-12H,3-4H2,1-2H3. The number of ether oxygens (including phenoxy) is 1. The van der Waals surface area contributed by atoms with Crippen LogP contribution >= 0.6 is 0 Å². The van der Waals surface area contributed by atoms with E-state index in [-0.39, 0.29) is 17.2 Å². The second kappa shape index (κ2) is 6.92. The maximum Gasteiger partial charge on any atom is 0.351 e. The third-order valence-corrected chi connectivity index (χ3v) is 5.88. The van der Waals surface area contributed by atoms with Gasteiger partial charge in [-0.2, -0.15) is 0 Å². The second-order valence-electron chi connectivity index (χ2n) is 5.72. The Hall–Kier alpha value is -2.67. The maximum atomic E-state index is 13.8. The van der Waals surface area contributed by atoms with E-state index in [1.165, 1.54) is 17.2 Å². The molecular formula is C19H18FNO4S. The molecule has 136 valence electrons. The lowest BCUT2D eigenvalue weighted by Gasteiger charge is -2.28. The number of hydrogen-bond acceptors (Lipinski definition) is 5. The molecule has 0 bridgehead atoms. The summed E-state index contributed by atoms with van der Waals surface area (Å²) in [5.41, 5.74) is 1.88. The highest BCUT2D eigenvalue weighted by atomic mass is 32.2. The first-order valence-electron chi connectivity index (χ1n) is 8.20. The van der Waals surface area contributed by atoms with Crippen LogP contribution < -0.4 is 4.90 Å². The van der Waals surface area contributed by atoms with E-state index in [4.69, 9.17) is 4.74 Å². The number of carbonyl (C=O) groups excluding carboxylic acids is 1. The Morgan fingerprint density at radius 1 is 1.12 bits per heavy atom. The van der Waals surface area contributed by atoms with Gasteiger partial charge < -0.3 is 9.64 Å². The third kappa shape index (κ3) is 3.10. The fourth-order valence-corrected chi connectivity index (χ4v) is 4.19. The van der Waals surface area contributed by atoms with Gasteiger partial charge in [0.05, 0.1) is 17.2 Å². The van der Waals surface area contributed by atoms with Crippen molar-refractivity contribution in [2.24, 2.45) is 0 Å². The van der Waals surface area contributed by atoms with Gasteiger partial charge in [0, 0.05) is 11.9 Å². The molecule has 26 heavy (non-hydrogen) atoms. The van der Waals surface area contributed by atoms with Gasteiger partial charge in [-0.15, -0.1) is 0 Å². The molecule has 1 heterocycles. The monoisotopic (exact) mass is 375 g/mol. The van der Waals surface area contributed by atoms with Gasteiger partial charge in [0.2, 0.25) is 9.84 Å². The smallest absolute Gasteiger partial charge is 0.351 e. The fourth-order valence-electron chi connectivity index (χ4n) is 2.75. The topological polar surface area (TPSA) is 63.7 Å². The molecule has 0 saturated heterocycles. The van der Waals surface area contributed by atoms with Gasteiger partial charge in [-0.25, -0.2) is 17.6 Å². The number of fused-ring (bicyclic) bond motifs is 1. The summed E-state index contributed by atoms with van der Waals surface area (Å²) < 4.78 is 44.3. The van der Waals surface area contributed by atoms with Crippen molar-refractivity contribution in [3.63, 3.8) is 0 Å². The van der Waals surface area contributed by atoms with E-state index in [9.17, 15) is 17.6 Å². The largest absolute Gasteiger partial charge is 0.462 e. The molecular weight excluding hydrogens is 357 g/mol. The van der Waals surface area contributed by atoms with Gasteiger partial charge in [0.15, 0.2) is 4.91 Å². The van der Waals surface area contributed by atoms with Crippen molar-refractivity contribution in [1.29, 1.82) is 0 Å². The third-order valence-electron chi connectivity index (χ3n) is 4.11. The molecule has 0 amide bonds. The molecule has 5 nitrogen and oxygen atoms in total. The first kappa shape index (κ1) is 18.1. The minimum absolute atomic E-state index is 0.0488. The van der Waals surface area contributed by atoms with Crippen LogP contribution in [0, 0.1) is 5.82 Å². The SMILES string of the molecule is CCOC(=O)C1=CN(c2ccc(CC)cc2)c2cc(F)ccc2S1(=O)=O. The molecule has 7 heteroatoms. The minimum Gasteiger partial charge on any atom is -0.462 e. The van der Waals surface area contributed by atoms with Crippen molar-refractivity contribution in [2.75, 3.05) is 11.5 Å². The average Bonchev–Trinajstić information content (AvgIpc) is 2.62. The summed E-state index contributed by atoms with van der Waals surface area (Å²) in [6.45, 7) is 3.66. The first-order chi connectivity index (χ1) is 12.4. The Kier molecular flexibility index (Phi) is 4.82. The van der Waals surface area contributed by atoms with Gasteiger partial charge in [-0.1, -0.05) is 19.1 Å². The lowest BCUT2D eigenvalue weighted by molar-refractivity contribution is -0.137. The van der Waals surface area contributed by atoms with Crippen LogP contribution in [0.3, 0.4) is 0 Å². The number of nitrogens with zero attached hydrogens (tertiary/aromatic N) is 1. The van der Waals surface area contributed by atoms with E-state index in [0.717, 1.165) is 24.1 Å².